The van der Waals surface area contributed by atoms with Gasteiger partial charge in [0.15, 0.2) is 0 Å². The molecule has 90 valence electrons. The van der Waals surface area contributed by atoms with Gasteiger partial charge in [0.1, 0.15) is 0 Å². The summed E-state index contributed by atoms with van der Waals surface area (Å²) in [7, 11) is 1.69. The van der Waals surface area contributed by atoms with Crippen molar-refractivity contribution in [3.05, 3.63) is 36.2 Å². The zero-order chi connectivity index (χ0) is 12.6. The van der Waals surface area contributed by atoms with Gasteiger partial charge >= 0.3 is 6.18 Å². The first-order valence-electron chi connectivity index (χ1n) is 4.83. The van der Waals surface area contributed by atoms with Gasteiger partial charge < -0.3 is 5.73 Å². The zero-order valence-corrected chi connectivity index (χ0v) is 8.99. The van der Waals surface area contributed by atoms with Gasteiger partial charge in [-0.25, -0.2) is 0 Å². The van der Waals surface area contributed by atoms with Gasteiger partial charge in [0.25, 0.3) is 0 Å². The van der Waals surface area contributed by atoms with E-state index in [2.05, 4.69) is 5.10 Å². The molecule has 3 nitrogen and oxygen atoms in total. The molecule has 2 aromatic rings. The summed E-state index contributed by atoms with van der Waals surface area (Å²) >= 11 is 0. The summed E-state index contributed by atoms with van der Waals surface area (Å²) in [4.78, 5) is 0. The second kappa shape index (κ2) is 3.80. The van der Waals surface area contributed by atoms with Crippen molar-refractivity contribution in [2.45, 2.75) is 6.18 Å². The third-order valence-corrected chi connectivity index (χ3v) is 2.40. The molecule has 0 saturated carbocycles. The van der Waals surface area contributed by atoms with Crippen molar-refractivity contribution < 1.29 is 13.2 Å². The number of nitrogen functional groups attached to an aromatic ring is 1. The van der Waals surface area contributed by atoms with Gasteiger partial charge in [-0.2, -0.15) is 18.3 Å². The summed E-state index contributed by atoms with van der Waals surface area (Å²) in [6, 6.07) is 3.26. The van der Waals surface area contributed by atoms with Crippen molar-refractivity contribution in [3.63, 3.8) is 0 Å². The maximum Gasteiger partial charge on any atom is 0.416 e. The van der Waals surface area contributed by atoms with Crippen LogP contribution in [0.5, 0.6) is 0 Å². The second-order valence-electron chi connectivity index (χ2n) is 3.70. The SMILES string of the molecule is Cn1cc(-c2cc(C(F)(F)F)ccc2N)cn1. The van der Waals surface area contributed by atoms with Crippen LogP contribution >= 0.6 is 0 Å². The molecule has 0 fully saturated rings. The smallest absolute Gasteiger partial charge is 0.398 e. The number of hydrogen-bond donors (Lipinski definition) is 1. The molecule has 2 N–H and O–H groups in total. The molecule has 0 bridgehead atoms. The average molecular weight is 241 g/mol. The summed E-state index contributed by atoms with van der Waals surface area (Å²) in [5.74, 6) is 0. The summed E-state index contributed by atoms with van der Waals surface area (Å²) in [5.41, 5.74) is 6.16. The van der Waals surface area contributed by atoms with E-state index in [1.807, 2.05) is 0 Å². The highest BCUT2D eigenvalue weighted by molar-refractivity contribution is 5.76. The number of aromatic nitrogens is 2. The molecule has 0 spiro atoms. The molecule has 0 amide bonds. The number of aryl methyl sites for hydroxylation is 1. The first kappa shape index (κ1) is 11.5. The highest BCUT2D eigenvalue weighted by atomic mass is 19.4. The molecule has 17 heavy (non-hydrogen) atoms. The summed E-state index contributed by atoms with van der Waals surface area (Å²) in [6.45, 7) is 0. The number of benzene rings is 1. The largest absolute Gasteiger partial charge is 0.416 e. The predicted molar refractivity (Wildman–Crippen MR) is 58.1 cm³/mol. The Balaban J connectivity index is 2.54. The fourth-order valence-corrected chi connectivity index (χ4v) is 1.54. The van der Waals surface area contributed by atoms with E-state index >= 15 is 0 Å². The molecule has 0 aliphatic carbocycles. The van der Waals surface area contributed by atoms with Crippen molar-refractivity contribution >= 4 is 5.69 Å². The Morgan fingerprint density at radius 1 is 1.29 bits per heavy atom. The van der Waals surface area contributed by atoms with Gasteiger partial charge in [0.2, 0.25) is 0 Å². The fourth-order valence-electron chi connectivity index (χ4n) is 1.54. The minimum atomic E-state index is -4.37. The fraction of sp³-hybridized carbons (Fsp3) is 0.182. The Morgan fingerprint density at radius 2 is 2.00 bits per heavy atom. The molecular weight excluding hydrogens is 231 g/mol. The molecule has 1 aromatic heterocycles. The number of halogens is 3. The van der Waals surface area contributed by atoms with Crippen molar-refractivity contribution in [2.24, 2.45) is 7.05 Å². The lowest BCUT2D eigenvalue weighted by molar-refractivity contribution is -0.137. The van der Waals surface area contributed by atoms with E-state index in [0.717, 1.165) is 12.1 Å². The Bertz CT molecular complexity index is 543. The van der Waals surface area contributed by atoms with Crippen LogP contribution in [0.25, 0.3) is 11.1 Å². The van der Waals surface area contributed by atoms with Gasteiger partial charge in [-0.05, 0) is 18.2 Å². The normalized spacial score (nSPS) is 11.8. The van der Waals surface area contributed by atoms with E-state index in [1.54, 1.807) is 13.2 Å². The van der Waals surface area contributed by atoms with Crippen molar-refractivity contribution in [1.29, 1.82) is 0 Å². The Morgan fingerprint density at radius 3 is 2.53 bits per heavy atom. The van der Waals surface area contributed by atoms with Gasteiger partial charge in [-0.15, -0.1) is 0 Å². The minimum absolute atomic E-state index is 0.297. The van der Waals surface area contributed by atoms with Gasteiger partial charge in [-0.1, -0.05) is 0 Å². The van der Waals surface area contributed by atoms with Crippen molar-refractivity contribution in [2.75, 3.05) is 5.73 Å². The van der Waals surface area contributed by atoms with Crippen molar-refractivity contribution in [3.8, 4) is 11.1 Å². The predicted octanol–water partition coefficient (Wildman–Crippen LogP) is 2.69. The Hall–Kier alpha value is -1.98. The third-order valence-electron chi connectivity index (χ3n) is 2.40. The zero-order valence-electron chi connectivity index (χ0n) is 8.99. The lowest BCUT2D eigenvalue weighted by atomic mass is 10.0. The van der Waals surface area contributed by atoms with Crippen LogP contribution in [-0.2, 0) is 13.2 Å². The number of anilines is 1. The van der Waals surface area contributed by atoms with Crippen LogP contribution in [-0.4, -0.2) is 9.78 Å². The maximum atomic E-state index is 12.6. The molecule has 0 aliphatic rings. The second-order valence-corrected chi connectivity index (χ2v) is 3.70. The lowest BCUT2D eigenvalue weighted by Crippen LogP contribution is -2.05. The third kappa shape index (κ3) is 2.25. The molecule has 0 unspecified atom stereocenters. The molecule has 2 rings (SSSR count). The molecule has 0 radical (unpaired) electrons. The van der Waals surface area contributed by atoms with E-state index in [4.69, 9.17) is 5.73 Å². The summed E-state index contributed by atoms with van der Waals surface area (Å²) < 4.78 is 39.2. The Kier molecular flexibility index (Phi) is 2.57. The number of nitrogens with two attached hydrogens (primary N) is 1. The molecule has 0 atom stereocenters. The van der Waals surface area contributed by atoms with Crippen LogP contribution in [0.2, 0.25) is 0 Å². The monoisotopic (exact) mass is 241 g/mol. The van der Waals surface area contributed by atoms with Crippen LogP contribution in [0.15, 0.2) is 30.6 Å². The molecule has 1 heterocycles. The highest BCUT2D eigenvalue weighted by Crippen LogP contribution is 2.34. The van der Waals surface area contributed by atoms with E-state index in [9.17, 15) is 13.2 Å². The maximum absolute atomic E-state index is 12.6. The summed E-state index contributed by atoms with van der Waals surface area (Å²) in [5, 5.41) is 3.91. The lowest BCUT2D eigenvalue weighted by Gasteiger charge is -2.10. The number of alkyl halides is 3. The van der Waals surface area contributed by atoms with Crippen LogP contribution in [0.4, 0.5) is 18.9 Å². The number of rotatable bonds is 1. The van der Waals surface area contributed by atoms with E-state index in [1.165, 1.54) is 16.9 Å². The van der Waals surface area contributed by atoms with Crippen LogP contribution in [0.3, 0.4) is 0 Å². The van der Waals surface area contributed by atoms with E-state index < -0.39 is 11.7 Å². The van der Waals surface area contributed by atoms with E-state index in [0.29, 0.717) is 16.8 Å². The molecule has 6 heteroatoms. The van der Waals surface area contributed by atoms with Crippen LogP contribution < -0.4 is 5.73 Å². The van der Waals surface area contributed by atoms with Gasteiger partial charge in [-0.3, -0.25) is 4.68 Å². The molecule has 1 aromatic carbocycles. The average Bonchev–Trinajstić information content (AvgIpc) is 2.63. The number of nitrogens with zero attached hydrogens (tertiary/aromatic N) is 2. The first-order valence-corrected chi connectivity index (χ1v) is 4.83. The van der Waals surface area contributed by atoms with Crippen LogP contribution in [0.1, 0.15) is 5.56 Å². The van der Waals surface area contributed by atoms with Crippen LogP contribution in [0, 0.1) is 0 Å². The van der Waals surface area contributed by atoms with Gasteiger partial charge in [0, 0.05) is 30.1 Å². The minimum Gasteiger partial charge on any atom is -0.398 e. The van der Waals surface area contributed by atoms with Crippen molar-refractivity contribution in [1.82, 2.24) is 9.78 Å². The summed E-state index contributed by atoms with van der Waals surface area (Å²) in [6.07, 6.45) is -1.28. The molecule has 0 saturated heterocycles. The highest BCUT2D eigenvalue weighted by Gasteiger charge is 2.31. The van der Waals surface area contributed by atoms with E-state index in [-0.39, 0.29) is 0 Å². The number of hydrogen-bond acceptors (Lipinski definition) is 2. The molecule has 0 aliphatic heterocycles. The first-order chi connectivity index (χ1) is 7.88. The standard InChI is InChI=1S/C11H10F3N3/c1-17-6-7(5-16-17)9-4-8(11(12,13)14)2-3-10(9)15/h2-6H,15H2,1H3. The Labute approximate surface area is 95.7 Å². The topological polar surface area (TPSA) is 43.8 Å². The quantitative estimate of drug-likeness (QED) is 0.780. The molecular formula is C11H10F3N3. The van der Waals surface area contributed by atoms with Gasteiger partial charge in [0.05, 0.1) is 11.8 Å².